The van der Waals surface area contributed by atoms with Crippen molar-refractivity contribution in [3.63, 3.8) is 0 Å². The first kappa shape index (κ1) is 17.6. The third-order valence-electron chi connectivity index (χ3n) is 4.69. The van der Waals surface area contributed by atoms with Crippen molar-refractivity contribution in [3.8, 4) is 0 Å². The van der Waals surface area contributed by atoms with Gasteiger partial charge in [-0.15, -0.1) is 0 Å². The van der Waals surface area contributed by atoms with Gasteiger partial charge in [-0.3, -0.25) is 14.7 Å². The van der Waals surface area contributed by atoms with Gasteiger partial charge in [-0.05, 0) is 29.8 Å². The summed E-state index contributed by atoms with van der Waals surface area (Å²) in [4.78, 5) is 21.1. The third-order valence-corrected chi connectivity index (χ3v) is 4.69. The van der Waals surface area contributed by atoms with Crippen LogP contribution in [-0.4, -0.2) is 53.4 Å². The Morgan fingerprint density at radius 3 is 2.32 bits per heavy atom. The largest absolute Gasteiger partial charge is 0.347 e. The van der Waals surface area contributed by atoms with Gasteiger partial charge in [0.25, 0.3) is 5.91 Å². The molecule has 5 heteroatoms. The Bertz CT molecular complexity index is 664. The van der Waals surface area contributed by atoms with Crippen molar-refractivity contribution in [1.82, 2.24) is 20.1 Å². The number of carbonyl (C=O) groups excluding carboxylic acids is 1. The molecule has 0 aliphatic carbocycles. The maximum atomic E-state index is 12.0. The number of amides is 1. The number of nitrogens with zero attached hydrogens (tertiary/aromatic N) is 3. The number of aromatic nitrogens is 1. The molecule has 0 atom stereocenters. The number of piperazine rings is 1. The van der Waals surface area contributed by atoms with Gasteiger partial charge in [-0.25, -0.2) is 0 Å². The van der Waals surface area contributed by atoms with Crippen molar-refractivity contribution in [2.24, 2.45) is 0 Å². The lowest BCUT2D eigenvalue weighted by Crippen LogP contribution is -2.45. The van der Waals surface area contributed by atoms with Crippen LogP contribution in [0.25, 0.3) is 0 Å². The molecule has 132 valence electrons. The van der Waals surface area contributed by atoms with Crippen LogP contribution in [0.3, 0.4) is 0 Å². The van der Waals surface area contributed by atoms with Gasteiger partial charge in [0.1, 0.15) is 5.69 Å². The van der Waals surface area contributed by atoms with Gasteiger partial charge in [0.05, 0.1) is 0 Å². The Balaban J connectivity index is 1.47. The van der Waals surface area contributed by atoms with E-state index in [0.29, 0.717) is 12.2 Å². The number of rotatable bonds is 6. The number of likely N-dealkylation sites (N-methyl/N-ethyl adjacent to an activating group) is 1. The van der Waals surface area contributed by atoms with E-state index in [4.69, 9.17) is 0 Å². The predicted molar refractivity (Wildman–Crippen MR) is 99.2 cm³/mol. The fourth-order valence-corrected chi connectivity index (χ4v) is 3.05. The number of hydrogen-bond acceptors (Lipinski definition) is 4. The highest BCUT2D eigenvalue weighted by molar-refractivity contribution is 5.92. The van der Waals surface area contributed by atoms with Crippen LogP contribution < -0.4 is 5.32 Å². The minimum Gasteiger partial charge on any atom is -0.347 e. The van der Waals surface area contributed by atoms with E-state index in [-0.39, 0.29) is 5.91 Å². The van der Waals surface area contributed by atoms with E-state index in [9.17, 15) is 4.79 Å². The minimum atomic E-state index is -0.140. The van der Waals surface area contributed by atoms with Crippen molar-refractivity contribution in [2.75, 3.05) is 32.7 Å². The zero-order valence-electron chi connectivity index (χ0n) is 14.8. The Labute approximate surface area is 149 Å². The highest BCUT2D eigenvalue weighted by Crippen LogP contribution is 2.10. The van der Waals surface area contributed by atoms with Gasteiger partial charge in [-0.1, -0.05) is 37.3 Å². The zero-order chi connectivity index (χ0) is 17.5. The normalized spacial score (nSPS) is 15.9. The number of carbonyl (C=O) groups is 1. The van der Waals surface area contributed by atoms with Crippen molar-refractivity contribution in [2.45, 2.75) is 20.0 Å². The highest BCUT2D eigenvalue weighted by Gasteiger charge is 2.15. The average Bonchev–Trinajstić information content (AvgIpc) is 2.68. The first-order valence-corrected chi connectivity index (χ1v) is 8.96. The molecule has 0 radical (unpaired) electrons. The zero-order valence-corrected chi connectivity index (χ0v) is 14.8. The summed E-state index contributed by atoms with van der Waals surface area (Å²) in [6, 6.07) is 13.8. The second-order valence-electron chi connectivity index (χ2n) is 6.42. The first-order chi connectivity index (χ1) is 12.2. The van der Waals surface area contributed by atoms with Gasteiger partial charge < -0.3 is 10.2 Å². The maximum Gasteiger partial charge on any atom is 0.270 e. The molecule has 1 amide bonds. The van der Waals surface area contributed by atoms with Gasteiger partial charge in [0.2, 0.25) is 0 Å². The molecule has 2 aromatic rings. The monoisotopic (exact) mass is 338 g/mol. The number of pyridine rings is 1. The topological polar surface area (TPSA) is 48.5 Å². The third kappa shape index (κ3) is 5.11. The van der Waals surface area contributed by atoms with E-state index in [2.05, 4.69) is 51.3 Å². The predicted octanol–water partition coefficient (Wildman–Crippen LogP) is 2.15. The SMILES string of the molecule is CCN1CCN(Cc2ccc(CNC(=O)c3ccccn3)cc2)CC1. The molecular formula is C20H26N4O. The van der Waals surface area contributed by atoms with Crippen LogP contribution in [0, 0.1) is 0 Å². The van der Waals surface area contributed by atoms with Crippen molar-refractivity contribution < 1.29 is 4.79 Å². The summed E-state index contributed by atoms with van der Waals surface area (Å²) < 4.78 is 0. The van der Waals surface area contributed by atoms with Gasteiger partial charge in [0, 0.05) is 45.5 Å². The molecule has 1 aromatic carbocycles. The van der Waals surface area contributed by atoms with E-state index >= 15 is 0 Å². The molecule has 2 heterocycles. The van der Waals surface area contributed by atoms with Gasteiger partial charge >= 0.3 is 0 Å². The summed E-state index contributed by atoms with van der Waals surface area (Å²) in [5, 5.41) is 2.91. The van der Waals surface area contributed by atoms with Crippen LogP contribution >= 0.6 is 0 Å². The summed E-state index contributed by atoms with van der Waals surface area (Å²) in [7, 11) is 0. The Morgan fingerprint density at radius 1 is 1.00 bits per heavy atom. The summed E-state index contributed by atoms with van der Waals surface area (Å²) in [6.07, 6.45) is 1.63. The summed E-state index contributed by atoms with van der Waals surface area (Å²) in [5.74, 6) is -0.140. The summed E-state index contributed by atoms with van der Waals surface area (Å²) >= 11 is 0. The van der Waals surface area contributed by atoms with E-state index in [0.717, 1.165) is 44.8 Å². The Morgan fingerprint density at radius 2 is 1.68 bits per heavy atom. The molecule has 0 bridgehead atoms. The first-order valence-electron chi connectivity index (χ1n) is 8.96. The molecule has 0 spiro atoms. The van der Waals surface area contributed by atoms with Crippen LogP contribution in [0.15, 0.2) is 48.7 Å². The second kappa shape index (κ2) is 8.74. The van der Waals surface area contributed by atoms with E-state index in [1.165, 1.54) is 5.56 Å². The highest BCUT2D eigenvalue weighted by atomic mass is 16.1. The summed E-state index contributed by atoms with van der Waals surface area (Å²) in [5.41, 5.74) is 2.87. The molecule has 1 aromatic heterocycles. The lowest BCUT2D eigenvalue weighted by atomic mass is 10.1. The molecule has 1 aliphatic rings. The molecule has 1 saturated heterocycles. The van der Waals surface area contributed by atoms with Crippen molar-refractivity contribution >= 4 is 5.91 Å². The average molecular weight is 338 g/mol. The molecule has 3 rings (SSSR count). The van der Waals surface area contributed by atoms with E-state index in [1.54, 1.807) is 18.3 Å². The van der Waals surface area contributed by atoms with Crippen molar-refractivity contribution in [1.29, 1.82) is 0 Å². The molecule has 1 N–H and O–H groups in total. The van der Waals surface area contributed by atoms with Gasteiger partial charge in [0.15, 0.2) is 0 Å². The maximum absolute atomic E-state index is 12.0. The van der Waals surface area contributed by atoms with Crippen LogP contribution in [0.2, 0.25) is 0 Å². The van der Waals surface area contributed by atoms with Crippen LogP contribution in [-0.2, 0) is 13.1 Å². The van der Waals surface area contributed by atoms with Crippen LogP contribution in [0.5, 0.6) is 0 Å². The molecule has 1 fully saturated rings. The Hall–Kier alpha value is -2.24. The number of nitrogens with one attached hydrogen (secondary N) is 1. The van der Waals surface area contributed by atoms with Crippen LogP contribution in [0.4, 0.5) is 0 Å². The van der Waals surface area contributed by atoms with E-state index in [1.807, 2.05) is 6.07 Å². The fraction of sp³-hybridized carbons (Fsp3) is 0.400. The standard InChI is InChI=1S/C20H26N4O/c1-2-23-11-13-24(14-12-23)16-18-8-6-17(7-9-18)15-22-20(25)19-5-3-4-10-21-19/h3-10H,2,11-16H2,1H3,(H,22,25). The lowest BCUT2D eigenvalue weighted by molar-refractivity contribution is 0.0946. The van der Waals surface area contributed by atoms with Crippen LogP contribution in [0.1, 0.15) is 28.5 Å². The molecule has 0 saturated carbocycles. The van der Waals surface area contributed by atoms with Gasteiger partial charge in [-0.2, -0.15) is 0 Å². The fourth-order valence-electron chi connectivity index (χ4n) is 3.05. The molecule has 5 nitrogen and oxygen atoms in total. The summed E-state index contributed by atoms with van der Waals surface area (Å²) in [6.45, 7) is 9.48. The molecule has 25 heavy (non-hydrogen) atoms. The molecule has 1 aliphatic heterocycles. The molecule has 0 unspecified atom stereocenters. The van der Waals surface area contributed by atoms with Crippen molar-refractivity contribution in [3.05, 3.63) is 65.5 Å². The second-order valence-corrected chi connectivity index (χ2v) is 6.42. The number of hydrogen-bond donors (Lipinski definition) is 1. The minimum absolute atomic E-state index is 0.140. The quantitative estimate of drug-likeness (QED) is 0.877. The Kier molecular flexibility index (Phi) is 6.14. The van der Waals surface area contributed by atoms with E-state index < -0.39 is 0 Å². The molecular weight excluding hydrogens is 312 g/mol. The number of benzene rings is 1. The smallest absolute Gasteiger partial charge is 0.270 e. The lowest BCUT2D eigenvalue weighted by Gasteiger charge is -2.34.